The van der Waals surface area contributed by atoms with Crippen LogP contribution < -0.4 is 0 Å². The molecule has 1 aromatic rings. The maximum Gasteiger partial charge on any atom is 0.166 e. The smallest absolute Gasteiger partial charge is 0.166 e. The second-order valence-corrected chi connectivity index (χ2v) is 3.42. The first-order chi connectivity index (χ1) is 6.36. The van der Waals surface area contributed by atoms with Gasteiger partial charge in [-0.15, -0.1) is 0 Å². The van der Waals surface area contributed by atoms with Gasteiger partial charge in [0, 0.05) is 0 Å². The first kappa shape index (κ1) is 6.84. The second-order valence-electron chi connectivity index (χ2n) is 3.42. The van der Waals surface area contributed by atoms with Crippen LogP contribution in [0.3, 0.4) is 0 Å². The third kappa shape index (κ3) is 0.788. The molecule has 1 unspecified atom stereocenters. The molecule has 0 aliphatic heterocycles. The van der Waals surface area contributed by atoms with Gasteiger partial charge >= 0.3 is 0 Å². The Labute approximate surface area is 76.4 Å². The molecule has 1 aromatic carbocycles. The Hall–Kier alpha value is -1.63. The predicted octanol–water partition coefficient (Wildman–Crippen LogP) is 2.39. The van der Waals surface area contributed by atoms with Crippen molar-refractivity contribution in [2.75, 3.05) is 0 Å². The summed E-state index contributed by atoms with van der Waals surface area (Å²) in [4.78, 5) is 11.5. The minimum atomic E-state index is -0.00352. The van der Waals surface area contributed by atoms with Crippen LogP contribution in [0.15, 0.2) is 30.4 Å². The van der Waals surface area contributed by atoms with E-state index in [1.807, 2.05) is 24.3 Å². The molecule has 0 saturated carbocycles. The summed E-state index contributed by atoms with van der Waals surface area (Å²) in [5.74, 6) is 0.199. The highest BCUT2D eigenvalue weighted by Gasteiger charge is 2.26. The highest BCUT2D eigenvalue weighted by molar-refractivity contribution is 6.05. The van der Waals surface area contributed by atoms with Crippen molar-refractivity contribution in [3.05, 3.63) is 47.0 Å². The highest BCUT2D eigenvalue weighted by Crippen LogP contribution is 2.36. The lowest BCUT2D eigenvalue weighted by atomic mass is 9.87. The summed E-state index contributed by atoms with van der Waals surface area (Å²) in [5.41, 5.74) is 3.57. The fraction of sp³-hybridized carbons (Fsp3) is 0.0833. The number of rotatable bonds is 0. The van der Waals surface area contributed by atoms with Crippen molar-refractivity contribution in [1.29, 1.82) is 0 Å². The molecule has 0 saturated heterocycles. The van der Waals surface area contributed by atoms with Crippen LogP contribution >= 0.6 is 0 Å². The number of ketones is 1. The Morgan fingerprint density at radius 1 is 1.00 bits per heavy atom. The van der Waals surface area contributed by atoms with Gasteiger partial charge in [-0.1, -0.05) is 36.4 Å². The molecule has 0 spiro atoms. The molecule has 0 heterocycles. The molecule has 0 bridgehead atoms. The second kappa shape index (κ2) is 2.19. The average Bonchev–Trinajstić information content (AvgIpc) is 2.57. The summed E-state index contributed by atoms with van der Waals surface area (Å²) in [6, 6.07) is 6.14. The molecule has 0 N–H and O–H groups in total. The molecule has 13 heavy (non-hydrogen) atoms. The lowest BCUT2D eigenvalue weighted by Gasteiger charge is -2.15. The van der Waals surface area contributed by atoms with Gasteiger partial charge < -0.3 is 0 Å². The molecule has 62 valence electrons. The van der Waals surface area contributed by atoms with Gasteiger partial charge in [0.2, 0.25) is 0 Å². The van der Waals surface area contributed by atoms with E-state index in [4.69, 9.17) is 0 Å². The van der Waals surface area contributed by atoms with Gasteiger partial charge in [-0.05, 0) is 22.8 Å². The predicted molar refractivity (Wildman–Crippen MR) is 52.3 cm³/mol. The van der Waals surface area contributed by atoms with Gasteiger partial charge in [-0.25, -0.2) is 0 Å². The molecule has 1 heteroatoms. The Bertz CT molecular complexity index is 452. The maximum absolute atomic E-state index is 11.5. The fourth-order valence-corrected chi connectivity index (χ4v) is 2.06. The van der Waals surface area contributed by atoms with Crippen molar-refractivity contribution in [3.63, 3.8) is 0 Å². The van der Waals surface area contributed by atoms with E-state index in [1.54, 1.807) is 6.08 Å². The third-order valence-corrected chi connectivity index (χ3v) is 2.69. The highest BCUT2D eigenvalue weighted by atomic mass is 16.1. The summed E-state index contributed by atoms with van der Waals surface area (Å²) in [7, 11) is 0. The monoisotopic (exact) mass is 168 g/mol. The van der Waals surface area contributed by atoms with E-state index in [9.17, 15) is 4.79 Å². The zero-order valence-corrected chi connectivity index (χ0v) is 7.03. The summed E-state index contributed by atoms with van der Waals surface area (Å²) in [5, 5.41) is 0. The molecule has 2 aliphatic carbocycles. The zero-order chi connectivity index (χ0) is 8.84. The normalized spacial score (nSPS) is 22.2. The van der Waals surface area contributed by atoms with Crippen LogP contribution in [0.1, 0.15) is 22.6 Å². The van der Waals surface area contributed by atoms with Gasteiger partial charge in [0.05, 0.1) is 5.92 Å². The van der Waals surface area contributed by atoms with Crippen LogP contribution in [-0.4, -0.2) is 5.78 Å². The van der Waals surface area contributed by atoms with Crippen molar-refractivity contribution < 1.29 is 4.79 Å². The van der Waals surface area contributed by atoms with Crippen molar-refractivity contribution in [1.82, 2.24) is 0 Å². The summed E-state index contributed by atoms with van der Waals surface area (Å²) >= 11 is 0. The molecular formula is C12H8O. The number of hydrogen-bond donors (Lipinski definition) is 0. The van der Waals surface area contributed by atoms with Gasteiger partial charge in [0.25, 0.3) is 0 Å². The van der Waals surface area contributed by atoms with Crippen molar-refractivity contribution in [3.8, 4) is 0 Å². The minimum Gasteiger partial charge on any atom is -0.294 e. The van der Waals surface area contributed by atoms with E-state index in [-0.39, 0.29) is 11.7 Å². The average molecular weight is 168 g/mol. The van der Waals surface area contributed by atoms with Gasteiger partial charge in [0.1, 0.15) is 0 Å². The van der Waals surface area contributed by atoms with Crippen molar-refractivity contribution in [2.24, 2.45) is 0 Å². The molecule has 0 aromatic heterocycles. The SMILES string of the molecule is O=C1C=Cc2cccc3c2C1C=C3. The van der Waals surface area contributed by atoms with Gasteiger partial charge in [-0.2, -0.15) is 0 Å². The first-order valence-electron chi connectivity index (χ1n) is 4.39. The largest absolute Gasteiger partial charge is 0.294 e. The Morgan fingerprint density at radius 2 is 1.77 bits per heavy atom. The maximum atomic E-state index is 11.5. The van der Waals surface area contributed by atoms with E-state index in [1.165, 1.54) is 16.7 Å². The topological polar surface area (TPSA) is 17.1 Å². The fourth-order valence-electron chi connectivity index (χ4n) is 2.06. The molecule has 0 fully saturated rings. The minimum absolute atomic E-state index is 0.00352. The lowest BCUT2D eigenvalue weighted by molar-refractivity contribution is -0.115. The van der Waals surface area contributed by atoms with Crippen LogP contribution in [0.4, 0.5) is 0 Å². The molecule has 0 amide bonds. The number of carbonyl (C=O) groups excluding carboxylic acids is 1. The Kier molecular flexibility index (Phi) is 1.15. The van der Waals surface area contributed by atoms with E-state index in [0.29, 0.717) is 0 Å². The molecule has 1 atom stereocenters. The quantitative estimate of drug-likeness (QED) is 0.581. The van der Waals surface area contributed by atoms with E-state index in [0.717, 1.165) is 0 Å². The lowest BCUT2D eigenvalue weighted by Crippen LogP contribution is -2.10. The number of hydrogen-bond acceptors (Lipinski definition) is 1. The Balaban J connectivity index is 2.37. The van der Waals surface area contributed by atoms with E-state index in [2.05, 4.69) is 12.1 Å². The van der Waals surface area contributed by atoms with Crippen LogP contribution in [0.25, 0.3) is 12.2 Å². The summed E-state index contributed by atoms with van der Waals surface area (Å²) in [6.45, 7) is 0. The summed E-state index contributed by atoms with van der Waals surface area (Å²) < 4.78 is 0. The standard InChI is InChI=1S/C12H8O/c13-11-7-5-9-3-1-2-8-4-6-10(11)12(8)9/h1-7,10H. The van der Waals surface area contributed by atoms with E-state index >= 15 is 0 Å². The summed E-state index contributed by atoms with van der Waals surface area (Å²) in [6.07, 6.45) is 7.60. The molecule has 1 nitrogen and oxygen atoms in total. The molecule has 0 radical (unpaired) electrons. The first-order valence-corrected chi connectivity index (χ1v) is 4.39. The van der Waals surface area contributed by atoms with Gasteiger partial charge in [-0.3, -0.25) is 4.79 Å². The van der Waals surface area contributed by atoms with Crippen molar-refractivity contribution >= 4 is 17.9 Å². The number of benzene rings is 1. The van der Waals surface area contributed by atoms with Crippen LogP contribution in [0, 0.1) is 0 Å². The molecular weight excluding hydrogens is 160 g/mol. The zero-order valence-electron chi connectivity index (χ0n) is 7.03. The van der Waals surface area contributed by atoms with Crippen molar-refractivity contribution in [2.45, 2.75) is 5.92 Å². The van der Waals surface area contributed by atoms with E-state index < -0.39 is 0 Å². The Morgan fingerprint density at radius 3 is 2.62 bits per heavy atom. The van der Waals surface area contributed by atoms with Crippen LogP contribution in [0.5, 0.6) is 0 Å². The third-order valence-electron chi connectivity index (χ3n) is 2.69. The molecule has 2 aliphatic rings. The number of allylic oxidation sites excluding steroid dienone is 2. The number of carbonyl (C=O) groups is 1. The van der Waals surface area contributed by atoms with Crippen LogP contribution in [0.2, 0.25) is 0 Å². The van der Waals surface area contributed by atoms with Gasteiger partial charge in [0.15, 0.2) is 5.78 Å². The molecule has 3 rings (SSSR count). The van der Waals surface area contributed by atoms with Crippen LogP contribution in [-0.2, 0) is 4.79 Å².